The maximum absolute atomic E-state index is 8.63. The number of halogens is 3. The predicted octanol–water partition coefficient (Wildman–Crippen LogP) is 5.15. The van der Waals surface area contributed by atoms with Crippen LogP contribution < -0.4 is 9.47 Å². The molecule has 0 bridgehead atoms. The number of ether oxygens (including phenoxy) is 2. The molecule has 0 aliphatic heterocycles. The van der Waals surface area contributed by atoms with E-state index >= 15 is 0 Å². The van der Waals surface area contributed by atoms with Crippen molar-refractivity contribution in [3.8, 4) is 11.5 Å². The quantitative estimate of drug-likeness (QED) is 0.425. The Morgan fingerprint density at radius 3 is 2.59 bits per heavy atom. The van der Waals surface area contributed by atoms with Crippen LogP contribution in [0, 0.1) is 0 Å². The first-order valence-corrected chi connectivity index (χ1v) is 7.71. The van der Waals surface area contributed by atoms with Crippen LogP contribution in [0.15, 0.2) is 40.0 Å². The standard InChI is InChI=1S/C15H12BrCl2NO3/c1-21-14-5-10(7-19-20)11(16)6-15(14)22-8-9-2-3-12(17)13(18)4-9/h2-7,20H,8H2,1H3/b19-7-. The molecule has 0 aliphatic carbocycles. The lowest BCUT2D eigenvalue weighted by molar-refractivity contribution is 0.284. The van der Waals surface area contributed by atoms with Gasteiger partial charge < -0.3 is 14.7 Å². The Labute approximate surface area is 146 Å². The second-order valence-corrected chi connectivity index (χ2v) is 5.98. The summed E-state index contributed by atoms with van der Waals surface area (Å²) in [6, 6.07) is 8.75. The molecule has 2 aromatic rings. The predicted molar refractivity (Wildman–Crippen MR) is 90.9 cm³/mol. The Hall–Kier alpha value is -1.43. The maximum atomic E-state index is 8.63. The lowest BCUT2D eigenvalue weighted by atomic mass is 10.2. The minimum absolute atomic E-state index is 0.313. The van der Waals surface area contributed by atoms with Gasteiger partial charge in [0.25, 0.3) is 0 Å². The van der Waals surface area contributed by atoms with Crippen LogP contribution in [0.5, 0.6) is 11.5 Å². The maximum Gasteiger partial charge on any atom is 0.162 e. The van der Waals surface area contributed by atoms with Gasteiger partial charge in [-0.3, -0.25) is 0 Å². The van der Waals surface area contributed by atoms with Gasteiger partial charge in [0.2, 0.25) is 0 Å². The summed E-state index contributed by atoms with van der Waals surface area (Å²) >= 11 is 15.2. The van der Waals surface area contributed by atoms with Gasteiger partial charge in [0.15, 0.2) is 11.5 Å². The van der Waals surface area contributed by atoms with Crippen LogP contribution in [0.4, 0.5) is 0 Å². The number of rotatable bonds is 5. The van der Waals surface area contributed by atoms with Crippen molar-refractivity contribution in [2.24, 2.45) is 5.16 Å². The van der Waals surface area contributed by atoms with Gasteiger partial charge in [-0.05, 0) is 45.8 Å². The third-order valence-electron chi connectivity index (χ3n) is 2.86. The van der Waals surface area contributed by atoms with Crippen molar-refractivity contribution in [1.29, 1.82) is 0 Å². The zero-order chi connectivity index (χ0) is 16.1. The third kappa shape index (κ3) is 4.06. The molecule has 0 saturated heterocycles. The number of hydrogen-bond donors (Lipinski definition) is 1. The van der Waals surface area contributed by atoms with Crippen molar-refractivity contribution in [3.63, 3.8) is 0 Å². The zero-order valence-corrected chi connectivity index (χ0v) is 14.6. The molecule has 1 N–H and O–H groups in total. The summed E-state index contributed by atoms with van der Waals surface area (Å²) in [5.41, 5.74) is 1.55. The smallest absolute Gasteiger partial charge is 0.162 e. The highest BCUT2D eigenvalue weighted by molar-refractivity contribution is 9.10. The van der Waals surface area contributed by atoms with Gasteiger partial charge in [-0.1, -0.05) is 34.4 Å². The SMILES string of the molecule is COc1cc(/C=N\O)c(Br)cc1OCc1ccc(Cl)c(Cl)c1. The summed E-state index contributed by atoms with van der Waals surface area (Å²) in [5.74, 6) is 1.08. The number of hydrogen-bond acceptors (Lipinski definition) is 4. The summed E-state index contributed by atoms with van der Waals surface area (Å²) in [4.78, 5) is 0. The Kier molecular flexibility index (Phi) is 5.94. The Bertz CT molecular complexity index is 707. The van der Waals surface area contributed by atoms with E-state index in [4.69, 9.17) is 37.9 Å². The van der Waals surface area contributed by atoms with E-state index in [1.165, 1.54) is 13.3 Å². The molecule has 0 spiro atoms. The summed E-state index contributed by atoms with van der Waals surface area (Å²) in [6.45, 7) is 0.313. The molecule has 7 heteroatoms. The molecule has 4 nitrogen and oxygen atoms in total. The normalized spacial score (nSPS) is 10.9. The van der Waals surface area contributed by atoms with Crippen molar-refractivity contribution in [3.05, 3.63) is 56.0 Å². The molecule has 2 rings (SSSR count). The molecule has 2 aromatic carbocycles. The van der Waals surface area contributed by atoms with Crippen molar-refractivity contribution in [2.45, 2.75) is 6.61 Å². The van der Waals surface area contributed by atoms with Crippen molar-refractivity contribution >= 4 is 45.3 Å². The third-order valence-corrected chi connectivity index (χ3v) is 4.28. The van der Waals surface area contributed by atoms with E-state index in [1.807, 2.05) is 6.07 Å². The van der Waals surface area contributed by atoms with Gasteiger partial charge >= 0.3 is 0 Å². The topological polar surface area (TPSA) is 51.0 Å². The largest absolute Gasteiger partial charge is 0.493 e. The van der Waals surface area contributed by atoms with E-state index in [-0.39, 0.29) is 0 Å². The molecule has 0 aliphatic rings. The van der Waals surface area contributed by atoms with Crippen LogP contribution in [0.25, 0.3) is 0 Å². The van der Waals surface area contributed by atoms with E-state index in [0.717, 1.165) is 10.0 Å². The van der Waals surface area contributed by atoms with Crippen molar-refractivity contribution < 1.29 is 14.7 Å². The molecular weight excluding hydrogens is 393 g/mol. The van der Waals surface area contributed by atoms with Crippen LogP contribution in [0.2, 0.25) is 10.0 Å². The molecule has 0 fully saturated rings. The van der Waals surface area contributed by atoms with Crippen molar-refractivity contribution in [2.75, 3.05) is 7.11 Å². The van der Waals surface area contributed by atoms with Crippen LogP contribution in [0.1, 0.15) is 11.1 Å². The first-order valence-electron chi connectivity index (χ1n) is 6.17. The molecule has 0 amide bonds. The molecule has 0 heterocycles. The fourth-order valence-corrected chi connectivity index (χ4v) is 2.52. The highest BCUT2D eigenvalue weighted by Gasteiger charge is 2.10. The molecule has 22 heavy (non-hydrogen) atoms. The van der Waals surface area contributed by atoms with E-state index in [9.17, 15) is 0 Å². The molecule has 0 radical (unpaired) electrons. The highest BCUT2D eigenvalue weighted by atomic mass is 79.9. The van der Waals surface area contributed by atoms with Gasteiger partial charge in [-0.25, -0.2) is 0 Å². The highest BCUT2D eigenvalue weighted by Crippen LogP contribution is 2.33. The molecular formula is C15H12BrCl2NO3. The second-order valence-electron chi connectivity index (χ2n) is 4.31. The van der Waals surface area contributed by atoms with Crippen molar-refractivity contribution in [1.82, 2.24) is 0 Å². The number of benzene rings is 2. The van der Waals surface area contributed by atoms with Crippen LogP contribution in [-0.2, 0) is 6.61 Å². The average molecular weight is 405 g/mol. The fraction of sp³-hybridized carbons (Fsp3) is 0.133. The van der Waals surface area contributed by atoms with Crippen LogP contribution in [-0.4, -0.2) is 18.5 Å². The summed E-state index contributed by atoms with van der Waals surface area (Å²) in [5, 5.41) is 12.6. The van der Waals surface area contributed by atoms with Crippen LogP contribution in [0.3, 0.4) is 0 Å². The van der Waals surface area contributed by atoms with E-state index in [0.29, 0.717) is 33.7 Å². The Morgan fingerprint density at radius 2 is 1.95 bits per heavy atom. The first kappa shape index (κ1) is 16.9. The van der Waals surface area contributed by atoms with Gasteiger partial charge in [0, 0.05) is 10.0 Å². The molecule has 0 saturated carbocycles. The molecule has 0 atom stereocenters. The van der Waals surface area contributed by atoms with Gasteiger partial charge in [-0.2, -0.15) is 0 Å². The van der Waals surface area contributed by atoms with E-state index in [1.54, 1.807) is 24.3 Å². The minimum Gasteiger partial charge on any atom is -0.493 e. The number of nitrogens with zero attached hydrogens (tertiary/aromatic N) is 1. The summed E-state index contributed by atoms with van der Waals surface area (Å²) in [7, 11) is 1.54. The minimum atomic E-state index is 0.313. The summed E-state index contributed by atoms with van der Waals surface area (Å²) < 4.78 is 11.8. The lowest BCUT2D eigenvalue weighted by Crippen LogP contribution is -1.99. The molecule has 0 aromatic heterocycles. The van der Waals surface area contributed by atoms with Crippen LogP contribution >= 0.6 is 39.1 Å². The number of methoxy groups -OCH3 is 1. The Morgan fingerprint density at radius 1 is 1.18 bits per heavy atom. The number of oxime groups is 1. The van der Waals surface area contributed by atoms with E-state index in [2.05, 4.69) is 21.1 Å². The average Bonchev–Trinajstić information content (AvgIpc) is 2.50. The van der Waals surface area contributed by atoms with Gasteiger partial charge in [-0.15, -0.1) is 0 Å². The fourth-order valence-electron chi connectivity index (χ4n) is 1.77. The lowest BCUT2D eigenvalue weighted by Gasteiger charge is -2.13. The molecule has 116 valence electrons. The molecule has 0 unspecified atom stereocenters. The van der Waals surface area contributed by atoms with Gasteiger partial charge in [0.1, 0.15) is 6.61 Å². The second kappa shape index (κ2) is 7.72. The van der Waals surface area contributed by atoms with Gasteiger partial charge in [0.05, 0.1) is 23.4 Å². The summed E-state index contributed by atoms with van der Waals surface area (Å²) in [6.07, 6.45) is 1.30. The Balaban J connectivity index is 2.21. The zero-order valence-electron chi connectivity index (χ0n) is 11.5. The monoisotopic (exact) mass is 403 g/mol. The first-order chi connectivity index (χ1) is 10.5. The van der Waals surface area contributed by atoms with E-state index < -0.39 is 0 Å².